The molecule has 3 aromatic rings. The monoisotopic (exact) mass is 512 g/mol. The Hall–Kier alpha value is -2.48. The molecule has 166 valence electrons. The summed E-state index contributed by atoms with van der Waals surface area (Å²) in [6.07, 6.45) is 1.29. The van der Waals surface area contributed by atoms with E-state index in [2.05, 4.69) is 15.9 Å². The summed E-state index contributed by atoms with van der Waals surface area (Å²) in [7, 11) is -3.84. The molecule has 0 fully saturated rings. The molecule has 0 bridgehead atoms. The average molecular weight is 513 g/mol. The highest BCUT2D eigenvalue weighted by Crippen LogP contribution is 2.32. The molecule has 1 aliphatic rings. The van der Waals surface area contributed by atoms with Crippen LogP contribution in [0.4, 0.5) is 5.69 Å². The number of fused-ring (bicyclic) bond motifs is 1. The van der Waals surface area contributed by atoms with Crippen LogP contribution in [0.1, 0.15) is 18.1 Å². The fourth-order valence-corrected chi connectivity index (χ4v) is 5.77. The Labute approximate surface area is 197 Å². The molecular weight excluding hydrogens is 488 g/mol. The summed E-state index contributed by atoms with van der Waals surface area (Å²) < 4.78 is 29.1. The van der Waals surface area contributed by atoms with Crippen LogP contribution in [0.2, 0.25) is 0 Å². The second kappa shape index (κ2) is 9.57. The first-order chi connectivity index (χ1) is 15.4. The van der Waals surface area contributed by atoms with Crippen LogP contribution in [0, 0.1) is 0 Å². The van der Waals surface area contributed by atoms with E-state index >= 15 is 0 Å². The number of halogens is 1. The molecule has 4 rings (SSSR count). The van der Waals surface area contributed by atoms with Gasteiger partial charge < -0.3 is 4.90 Å². The van der Waals surface area contributed by atoms with E-state index in [4.69, 9.17) is 0 Å². The lowest BCUT2D eigenvalue weighted by Gasteiger charge is -2.27. The number of hydrogen-bond acceptors (Lipinski definition) is 3. The number of anilines is 1. The zero-order chi connectivity index (χ0) is 22.7. The van der Waals surface area contributed by atoms with Crippen LogP contribution in [0.5, 0.6) is 0 Å². The predicted octanol–water partition coefficient (Wildman–Crippen LogP) is 4.66. The van der Waals surface area contributed by atoms with Gasteiger partial charge in [-0.1, -0.05) is 64.5 Å². The van der Waals surface area contributed by atoms with Crippen molar-refractivity contribution in [3.63, 3.8) is 0 Å². The molecule has 1 aliphatic heterocycles. The van der Waals surface area contributed by atoms with E-state index in [0.717, 1.165) is 27.7 Å². The molecule has 1 amide bonds. The summed E-state index contributed by atoms with van der Waals surface area (Å²) >= 11 is 3.35. The van der Waals surface area contributed by atoms with Crippen molar-refractivity contribution in [2.24, 2.45) is 0 Å². The SMILES string of the molecule is C[C@H]1Cc2ccccc2N1C(=O)CN(CCc1ccccc1)S(=O)(=O)c1ccc(Br)cc1. The average Bonchev–Trinajstić information content (AvgIpc) is 3.13. The minimum atomic E-state index is -3.84. The van der Waals surface area contributed by atoms with Gasteiger partial charge in [0.05, 0.1) is 11.4 Å². The molecule has 0 aliphatic carbocycles. The third-order valence-electron chi connectivity index (χ3n) is 5.73. The molecule has 0 radical (unpaired) electrons. The van der Waals surface area contributed by atoms with Gasteiger partial charge in [0.2, 0.25) is 15.9 Å². The third kappa shape index (κ3) is 4.80. The maximum absolute atomic E-state index is 13.5. The maximum Gasteiger partial charge on any atom is 0.243 e. The van der Waals surface area contributed by atoms with Crippen LogP contribution in [0.15, 0.2) is 88.2 Å². The fraction of sp³-hybridized carbons (Fsp3) is 0.240. The molecule has 0 aromatic heterocycles. The molecule has 0 saturated heterocycles. The van der Waals surface area contributed by atoms with Crippen molar-refractivity contribution in [1.82, 2.24) is 4.31 Å². The molecular formula is C25H25BrN2O3S. The minimum absolute atomic E-state index is 0.00809. The van der Waals surface area contributed by atoms with E-state index in [1.807, 2.05) is 61.5 Å². The fourth-order valence-electron chi connectivity index (χ4n) is 4.11. The predicted molar refractivity (Wildman–Crippen MR) is 130 cm³/mol. The molecule has 32 heavy (non-hydrogen) atoms. The number of benzene rings is 3. The minimum Gasteiger partial charge on any atom is -0.308 e. The van der Waals surface area contributed by atoms with Gasteiger partial charge in [0.1, 0.15) is 0 Å². The Morgan fingerprint density at radius 1 is 1.00 bits per heavy atom. The van der Waals surface area contributed by atoms with Crippen LogP contribution in [-0.4, -0.2) is 37.8 Å². The lowest BCUT2D eigenvalue weighted by Crippen LogP contribution is -2.45. The summed E-state index contributed by atoms with van der Waals surface area (Å²) in [5, 5.41) is 0. The van der Waals surface area contributed by atoms with Crippen LogP contribution >= 0.6 is 15.9 Å². The Morgan fingerprint density at radius 3 is 2.38 bits per heavy atom. The van der Waals surface area contributed by atoms with Gasteiger partial charge in [0.25, 0.3) is 0 Å². The highest BCUT2D eigenvalue weighted by Gasteiger charge is 2.34. The van der Waals surface area contributed by atoms with Crippen molar-refractivity contribution in [3.05, 3.63) is 94.5 Å². The molecule has 7 heteroatoms. The summed E-state index contributed by atoms with van der Waals surface area (Å²) in [6, 6.07) is 24.0. The van der Waals surface area contributed by atoms with Gasteiger partial charge in [-0.25, -0.2) is 8.42 Å². The van der Waals surface area contributed by atoms with Gasteiger partial charge in [-0.3, -0.25) is 4.79 Å². The van der Waals surface area contributed by atoms with Gasteiger partial charge in [0.15, 0.2) is 0 Å². The first-order valence-corrected chi connectivity index (χ1v) is 12.8. The Kier molecular flexibility index (Phi) is 6.79. The third-order valence-corrected chi connectivity index (χ3v) is 8.12. The quantitative estimate of drug-likeness (QED) is 0.462. The van der Waals surface area contributed by atoms with Gasteiger partial charge in [-0.2, -0.15) is 4.31 Å². The first-order valence-electron chi connectivity index (χ1n) is 10.6. The molecule has 3 aromatic carbocycles. The van der Waals surface area contributed by atoms with Crippen LogP contribution in [-0.2, 0) is 27.7 Å². The number of sulfonamides is 1. The second-order valence-electron chi connectivity index (χ2n) is 7.97. The van der Waals surface area contributed by atoms with Crippen molar-refractivity contribution in [1.29, 1.82) is 0 Å². The topological polar surface area (TPSA) is 57.7 Å². The molecule has 0 unspecified atom stereocenters. The van der Waals surface area contributed by atoms with Gasteiger partial charge in [-0.05, 0) is 61.2 Å². The van der Waals surface area contributed by atoms with E-state index in [9.17, 15) is 13.2 Å². The first kappa shape index (κ1) is 22.7. The number of carbonyl (C=O) groups excluding carboxylic acids is 1. The van der Waals surface area contributed by atoms with Crippen molar-refractivity contribution >= 4 is 37.5 Å². The summed E-state index contributed by atoms with van der Waals surface area (Å²) in [5.74, 6) is -0.212. The van der Waals surface area contributed by atoms with E-state index in [-0.39, 0.29) is 29.9 Å². The van der Waals surface area contributed by atoms with Gasteiger partial charge in [-0.15, -0.1) is 0 Å². The summed E-state index contributed by atoms with van der Waals surface area (Å²) in [6.45, 7) is 2.01. The Morgan fingerprint density at radius 2 is 1.66 bits per heavy atom. The molecule has 5 nitrogen and oxygen atoms in total. The lowest BCUT2D eigenvalue weighted by molar-refractivity contribution is -0.119. The van der Waals surface area contributed by atoms with Crippen LogP contribution < -0.4 is 4.90 Å². The lowest BCUT2D eigenvalue weighted by atomic mass is 10.1. The number of hydrogen-bond donors (Lipinski definition) is 0. The highest BCUT2D eigenvalue weighted by molar-refractivity contribution is 9.10. The van der Waals surface area contributed by atoms with Crippen molar-refractivity contribution in [3.8, 4) is 0 Å². The molecule has 1 atom stereocenters. The van der Waals surface area contributed by atoms with Crippen molar-refractivity contribution < 1.29 is 13.2 Å². The van der Waals surface area contributed by atoms with Crippen LogP contribution in [0.25, 0.3) is 0 Å². The van der Waals surface area contributed by atoms with Crippen molar-refractivity contribution in [2.75, 3.05) is 18.0 Å². The van der Waals surface area contributed by atoms with E-state index in [1.54, 1.807) is 29.2 Å². The Bertz CT molecular complexity index is 1200. The second-order valence-corrected chi connectivity index (χ2v) is 10.8. The van der Waals surface area contributed by atoms with E-state index < -0.39 is 10.0 Å². The van der Waals surface area contributed by atoms with Gasteiger partial charge >= 0.3 is 0 Å². The summed E-state index contributed by atoms with van der Waals surface area (Å²) in [5.41, 5.74) is 3.00. The summed E-state index contributed by atoms with van der Waals surface area (Å²) in [4.78, 5) is 15.3. The number of amides is 1. The molecule has 1 heterocycles. The van der Waals surface area contributed by atoms with Crippen molar-refractivity contribution in [2.45, 2.75) is 30.7 Å². The van der Waals surface area contributed by atoms with Gasteiger partial charge in [0, 0.05) is 22.7 Å². The zero-order valence-corrected chi connectivity index (χ0v) is 20.2. The zero-order valence-electron chi connectivity index (χ0n) is 17.8. The largest absolute Gasteiger partial charge is 0.308 e. The molecule has 0 spiro atoms. The molecule has 0 N–H and O–H groups in total. The number of nitrogens with zero attached hydrogens (tertiary/aromatic N) is 2. The standard InChI is InChI=1S/C25H25BrN2O3S/c1-19-17-21-9-5-6-10-24(21)28(19)25(29)18-27(16-15-20-7-3-2-4-8-20)32(30,31)23-13-11-22(26)12-14-23/h2-14,19H,15-18H2,1H3/t19-/m0/s1. The highest BCUT2D eigenvalue weighted by atomic mass is 79.9. The number of carbonyl (C=O) groups is 1. The maximum atomic E-state index is 13.5. The Balaban J connectivity index is 1.61. The normalized spacial score (nSPS) is 15.7. The smallest absolute Gasteiger partial charge is 0.243 e. The molecule has 0 saturated carbocycles. The number of para-hydroxylation sites is 1. The number of rotatable bonds is 7. The van der Waals surface area contributed by atoms with Crippen LogP contribution in [0.3, 0.4) is 0 Å². The van der Waals surface area contributed by atoms with E-state index in [1.165, 1.54) is 4.31 Å². The van der Waals surface area contributed by atoms with E-state index in [0.29, 0.717) is 6.42 Å².